The van der Waals surface area contributed by atoms with Crippen molar-refractivity contribution >= 4 is 0 Å². The van der Waals surface area contributed by atoms with Crippen molar-refractivity contribution in [2.24, 2.45) is 0 Å². The van der Waals surface area contributed by atoms with Gasteiger partial charge in [-0.05, 0) is 42.5 Å². The van der Waals surface area contributed by atoms with Crippen LogP contribution in [-0.4, -0.2) is 13.2 Å². The second-order valence-electron chi connectivity index (χ2n) is 5.63. The van der Waals surface area contributed by atoms with E-state index in [1.165, 1.54) is 11.1 Å². The molecule has 0 aromatic heterocycles. The number of methoxy groups -OCH3 is 1. The second-order valence-corrected chi connectivity index (χ2v) is 5.63. The Balaban J connectivity index is 3.03. The molecule has 0 saturated heterocycles. The van der Waals surface area contributed by atoms with Crippen molar-refractivity contribution in [1.29, 1.82) is 0 Å². The average molecular weight is 236 g/mol. The Bertz CT molecular complexity index is 362. The van der Waals surface area contributed by atoms with Crippen LogP contribution in [-0.2, 0) is 16.8 Å². The third-order valence-electron chi connectivity index (χ3n) is 2.69. The second kappa shape index (κ2) is 5.54. The van der Waals surface area contributed by atoms with Crippen molar-refractivity contribution in [2.45, 2.75) is 52.7 Å². The predicted octanol–water partition coefficient (Wildman–Crippen LogP) is 3.92. The highest BCUT2D eigenvalue weighted by molar-refractivity contribution is 5.39. The molecule has 0 aliphatic carbocycles. The van der Waals surface area contributed by atoms with E-state index in [-0.39, 0.29) is 11.5 Å². The van der Waals surface area contributed by atoms with Crippen molar-refractivity contribution in [3.8, 4) is 5.75 Å². The molecule has 0 atom stereocenters. The molecular formula is C15H24O2. The minimum atomic E-state index is 0.127. The molecule has 1 aromatic carbocycles. The van der Waals surface area contributed by atoms with Gasteiger partial charge in [0.2, 0.25) is 0 Å². The molecule has 1 aromatic rings. The van der Waals surface area contributed by atoms with Crippen LogP contribution < -0.4 is 4.74 Å². The van der Waals surface area contributed by atoms with Crippen molar-refractivity contribution in [3.63, 3.8) is 0 Å². The zero-order valence-corrected chi connectivity index (χ0v) is 11.8. The van der Waals surface area contributed by atoms with Crippen LogP contribution in [0.3, 0.4) is 0 Å². The van der Waals surface area contributed by atoms with Gasteiger partial charge in [0.25, 0.3) is 0 Å². The summed E-state index contributed by atoms with van der Waals surface area (Å²) >= 11 is 0. The summed E-state index contributed by atoms with van der Waals surface area (Å²) in [6.07, 6.45) is 0.244. The standard InChI is InChI=1S/C15H24O2/c1-11(2)17-10-12-9-13(16-6)7-8-14(12)15(3,4)5/h7-9,11H,10H2,1-6H3. The molecule has 2 heteroatoms. The van der Waals surface area contributed by atoms with Gasteiger partial charge in [-0.3, -0.25) is 0 Å². The minimum Gasteiger partial charge on any atom is -0.497 e. The van der Waals surface area contributed by atoms with E-state index in [4.69, 9.17) is 9.47 Å². The first kappa shape index (κ1) is 14.0. The van der Waals surface area contributed by atoms with Crippen LogP contribution in [0.1, 0.15) is 45.7 Å². The van der Waals surface area contributed by atoms with Crippen molar-refractivity contribution in [3.05, 3.63) is 29.3 Å². The van der Waals surface area contributed by atoms with E-state index in [1.807, 2.05) is 6.07 Å². The first-order valence-electron chi connectivity index (χ1n) is 6.13. The van der Waals surface area contributed by atoms with Crippen LogP contribution in [0.5, 0.6) is 5.75 Å². The molecule has 0 bridgehead atoms. The third kappa shape index (κ3) is 4.04. The van der Waals surface area contributed by atoms with Crippen LogP contribution in [0.25, 0.3) is 0 Å². The quantitative estimate of drug-likeness (QED) is 0.789. The summed E-state index contributed by atoms with van der Waals surface area (Å²) in [5.41, 5.74) is 2.66. The normalized spacial score (nSPS) is 11.9. The number of rotatable bonds is 4. The van der Waals surface area contributed by atoms with Gasteiger partial charge in [-0.2, -0.15) is 0 Å². The van der Waals surface area contributed by atoms with E-state index in [1.54, 1.807) is 7.11 Å². The van der Waals surface area contributed by atoms with Gasteiger partial charge in [0.1, 0.15) is 5.75 Å². The first-order valence-corrected chi connectivity index (χ1v) is 6.13. The highest BCUT2D eigenvalue weighted by atomic mass is 16.5. The highest BCUT2D eigenvalue weighted by Crippen LogP contribution is 2.29. The van der Waals surface area contributed by atoms with Gasteiger partial charge < -0.3 is 9.47 Å². The number of hydrogen-bond acceptors (Lipinski definition) is 2. The predicted molar refractivity (Wildman–Crippen MR) is 71.6 cm³/mol. The zero-order valence-electron chi connectivity index (χ0n) is 11.8. The number of hydrogen-bond donors (Lipinski definition) is 0. The maximum Gasteiger partial charge on any atom is 0.119 e. The van der Waals surface area contributed by atoms with Crippen LogP contribution in [0, 0.1) is 0 Å². The van der Waals surface area contributed by atoms with Crippen LogP contribution in [0.2, 0.25) is 0 Å². The van der Waals surface area contributed by atoms with Gasteiger partial charge in [0.05, 0.1) is 19.8 Å². The molecule has 0 spiro atoms. The Morgan fingerprint density at radius 1 is 1.18 bits per heavy atom. The Morgan fingerprint density at radius 2 is 1.82 bits per heavy atom. The lowest BCUT2D eigenvalue weighted by molar-refractivity contribution is 0.0647. The number of benzene rings is 1. The molecule has 0 saturated carbocycles. The molecular weight excluding hydrogens is 212 g/mol. The molecule has 96 valence electrons. The van der Waals surface area contributed by atoms with Gasteiger partial charge >= 0.3 is 0 Å². The lowest BCUT2D eigenvalue weighted by Gasteiger charge is -2.24. The lowest BCUT2D eigenvalue weighted by atomic mass is 9.84. The molecule has 17 heavy (non-hydrogen) atoms. The molecule has 0 fully saturated rings. The van der Waals surface area contributed by atoms with E-state index in [0.717, 1.165) is 5.75 Å². The van der Waals surface area contributed by atoms with E-state index >= 15 is 0 Å². The maximum atomic E-state index is 5.71. The summed E-state index contributed by atoms with van der Waals surface area (Å²) in [6, 6.07) is 6.22. The Morgan fingerprint density at radius 3 is 2.29 bits per heavy atom. The van der Waals surface area contributed by atoms with Gasteiger partial charge in [-0.25, -0.2) is 0 Å². The van der Waals surface area contributed by atoms with E-state index < -0.39 is 0 Å². The van der Waals surface area contributed by atoms with E-state index in [2.05, 4.69) is 46.8 Å². The summed E-state index contributed by atoms with van der Waals surface area (Å²) in [5.74, 6) is 0.889. The fourth-order valence-electron chi connectivity index (χ4n) is 1.80. The molecule has 0 unspecified atom stereocenters. The summed E-state index contributed by atoms with van der Waals surface area (Å²) in [4.78, 5) is 0. The summed E-state index contributed by atoms with van der Waals surface area (Å²) in [6.45, 7) is 11.4. The first-order chi connectivity index (χ1) is 7.84. The van der Waals surface area contributed by atoms with Crippen LogP contribution in [0.15, 0.2) is 18.2 Å². The Labute approximate surface area is 105 Å². The van der Waals surface area contributed by atoms with Crippen LogP contribution >= 0.6 is 0 Å². The smallest absolute Gasteiger partial charge is 0.119 e. The fraction of sp³-hybridized carbons (Fsp3) is 0.600. The van der Waals surface area contributed by atoms with Crippen LogP contribution in [0.4, 0.5) is 0 Å². The summed E-state index contributed by atoms with van der Waals surface area (Å²) in [5, 5.41) is 0. The third-order valence-corrected chi connectivity index (χ3v) is 2.69. The van der Waals surface area contributed by atoms with Crippen molar-refractivity contribution in [1.82, 2.24) is 0 Å². The Kier molecular flexibility index (Phi) is 4.58. The number of ether oxygens (including phenoxy) is 2. The largest absolute Gasteiger partial charge is 0.497 e. The monoisotopic (exact) mass is 236 g/mol. The van der Waals surface area contributed by atoms with Crippen molar-refractivity contribution in [2.75, 3.05) is 7.11 Å². The topological polar surface area (TPSA) is 18.5 Å². The zero-order chi connectivity index (χ0) is 13.1. The molecule has 0 aliphatic rings. The lowest BCUT2D eigenvalue weighted by Crippen LogP contribution is -2.15. The summed E-state index contributed by atoms with van der Waals surface area (Å²) < 4.78 is 11.0. The van der Waals surface area contributed by atoms with Crippen molar-refractivity contribution < 1.29 is 9.47 Å². The SMILES string of the molecule is COc1ccc(C(C)(C)C)c(COC(C)C)c1. The van der Waals surface area contributed by atoms with Gasteiger partial charge in [-0.15, -0.1) is 0 Å². The molecule has 1 rings (SSSR count). The van der Waals surface area contributed by atoms with Gasteiger partial charge in [0.15, 0.2) is 0 Å². The molecule has 0 aliphatic heterocycles. The highest BCUT2D eigenvalue weighted by Gasteiger charge is 2.18. The van der Waals surface area contributed by atoms with Gasteiger partial charge in [0, 0.05) is 0 Å². The average Bonchev–Trinajstić information content (AvgIpc) is 2.24. The Hall–Kier alpha value is -1.02. The van der Waals surface area contributed by atoms with Gasteiger partial charge in [-0.1, -0.05) is 26.8 Å². The molecule has 2 nitrogen and oxygen atoms in total. The fourth-order valence-corrected chi connectivity index (χ4v) is 1.80. The molecule has 0 amide bonds. The molecule has 0 N–H and O–H groups in total. The molecule has 0 heterocycles. The van der Waals surface area contributed by atoms with E-state index in [9.17, 15) is 0 Å². The van der Waals surface area contributed by atoms with E-state index in [0.29, 0.717) is 6.61 Å². The minimum absolute atomic E-state index is 0.127. The maximum absolute atomic E-state index is 5.71. The summed E-state index contributed by atoms with van der Waals surface area (Å²) in [7, 11) is 1.69. The molecule has 0 radical (unpaired) electrons.